The molecule has 112 valence electrons. The second-order valence-corrected chi connectivity index (χ2v) is 5.18. The second kappa shape index (κ2) is 6.05. The first-order valence-electron chi connectivity index (χ1n) is 6.15. The summed E-state index contributed by atoms with van der Waals surface area (Å²) in [5.74, 6) is -1.61. The highest BCUT2D eigenvalue weighted by atomic mass is 79.9. The van der Waals surface area contributed by atoms with Crippen molar-refractivity contribution in [1.29, 1.82) is 0 Å². The fraction of sp³-hybridized carbons (Fsp3) is 0.200. The molecule has 0 N–H and O–H groups in total. The lowest BCUT2D eigenvalue weighted by molar-refractivity contribution is -0.140. The summed E-state index contributed by atoms with van der Waals surface area (Å²) in [6.07, 6.45) is -3.96. The quantitative estimate of drug-likeness (QED) is 0.612. The number of benzene rings is 2. The maximum Gasteiger partial charge on any atom is 0.419 e. The van der Waals surface area contributed by atoms with Crippen LogP contribution in [0.3, 0.4) is 0 Å². The van der Waals surface area contributed by atoms with E-state index in [4.69, 9.17) is 4.74 Å². The van der Waals surface area contributed by atoms with Gasteiger partial charge in [-0.05, 0) is 36.2 Å². The third kappa shape index (κ3) is 3.56. The molecule has 0 unspecified atom stereocenters. The van der Waals surface area contributed by atoms with Gasteiger partial charge in [-0.2, -0.15) is 13.2 Å². The summed E-state index contributed by atoms with van der Waals surface area (Å²) in [6.45, 7) is 1.97. The smallest absolute Gasteiger partial charge is 0.419 e. The predicted molar refractivity (Wildman–Crippen MR) is 75.0 cm³/mol. The van der Waals surface area contributed by atoms with E-state index in [1.807, 2.05) is 6.92 Å². The van der Waals surface area contributed by atoms with E-state index in [9.17, 15) is 17.6 Å². The number of alkyl halides is 3. The summed E-state index contributed by atoms with van der Waals surface area (Å²) in [5, 5.41) is 0. The number of hydrogen-bond acceptors (Lipinski definition) is 1. The van der Waals surface area contributed by atoms with E-state index in [0.717, 1.165) is 28.6 Å². The van der Waals surface area contributed by atoms with Crippen LogP contribution in [0.15, 0.2) is 40.9 Å². The zero-order chi connectivity index (χ0) is 15.6. The van der Waals surface area contributed by atoms with Crippen molar-refractivity contribution in [3.63, 3.8) is 0 Å². The van der Waals surface area contributed by atoms with Crippen molar-refractivity contribution in [2.75, 3.05) is 0 Å². The highest BCUT2D eigenvalue weighted by molar-refractivity contribution is 9.10. The molecule has 6 heteroatoms. The number of rotatable bonds is 3. The summed E-state index contributed by atoms with van der Waals surface area (Å²) in [4.78, 5) is 0. The molecule has 2 rings (SSSR count). The third-order valence-corrected chi connectivity index (χ3v) is 3.64. The van der Waals surface area contributed by atoms with Crippen LogP contribution in [0.2, 0.25) is 0 Å². The molecule has 0 aromatic heterocycles. The SMILES string of the molecule is CCc1ccc(Oc2cccc(C(F)(F)F)c2F)cc1Br. The summed E-state index contributed by atoms with van der Waals surface area (Å²) < 4.78 is 57.7. The monoisotopic (exact) mass is 362 g/mol. The standard InChI is InChI=1S/C15H11BrF4O/c1-2-9-6-7-10(8-12(9)16)21-13-5-3-4-11(14(13)17)15(18,19)20/h3-8H,2H2,1H3. The van der Waals surface area contributed by atoms with Gasteiger partial charge >= 0.3 is 6.18 Å². The van der Waals surface area contributed by atoms with Gasteiger partial charge in [0.2, 0.25) is 0 Å². The topological polar surface area (TPSA) is 9.23 Å². The Morgan fingerprint density at radius 3 is 2.43 bits per heavy atom. The Kier molecular flexibility index (Phi) is 4.56. The highest BCUT2D eigenvalue weighted by Gasteiger charge is 2.35. The number of ether oxygens (including phenoxy) is 1. The van der Waals surface area contributed by atoms with Crippen LogP contribution < -0.4 is 4.74 Å². The number of halogens is 5. The Hall–Kier alpha value is -1.56. The van der Waals surface area contributed by atoms with Gasteiger partial charge in [0.1, 0.15) is 5.75 Å². The maximum atomic E-state index is 13.8. The Bertz CT molecular complexity index is 653. The Balaban J connectivity index is 2.34. The highest BCUT2D eigenvalue weighted by Crippen LogP contribution is 2.36. The van der Waals surface area contributed by atoms with E-state index in [0.29, 0.717) is 6.07 Å². The first kappa shape index (κ1) is 15.8. The minimum Gasteiger partial charge on any atom is -0.454 e. The third-order valence-electron chi connectivity index (χ3n) is 2.90. The summed E-state index contributed by atoms with van der Waals surface area (Å²) in [5.41, 5.74) is -0.323. The molecular formula is C15H11BrF4O. The molecule has 0 aliphatic heterocycles. The molecule has 0 amide bonds. The Labute approximate surface area is 127 Å². The van der Waals surface area contributed by atoms with Gasteiger partial charge in [-0.1, -0.05) is 35.0 Å². The first-order valence-corrected chi connectivity index (χ1v) is 6.94. The molecule has 0 spiro atoms. The predicted octanol–water partition coefficient (Wildman–Crippen LogP) is 5.96. The lowest BCUT2D eigenvalue weighted by Gasteiger charge is -2.12. The van der Waals surface area contributed by atoms with Crippen molar-refractivity contribution in [1.82, 2.24) is 0 Å². The molecule has 0 saturated heterocycles. The number of aryl methyl sites for hydroxylation is 1. The molecule has 0 atom stereocenters. The zero-order valence-electron chi connectivity index (χ0n) is 11.0. The van der Waals surface area contributed by atoms with Gasteiger partial charge in [-0.25, -0.2) is 4.39 Å². The average molecular weight is 363 g/mol. The van der Waals surface area contributed by atoms with Crippen LogP contribution in [0.25, 0.3) is 0 Å². The van der Waals surface area contributed by atoms with E-state index in [1.165, 1.54) is 0 Å². The van der Waals surface area contributed by atoms with E-state index in [1.54, 1.807) is 18.2 Å². The molecule has 0 radical (unpaired) electrons. The summed E-state index contributed by atoms with van der Waals surface area (Å²) in [6, 6.07) is 7.90. The van der Waals surface area contributed by atoms with Crippen LogP contribution >= 0.6 is 15.9 Å². The molecule has 0 fully saturated rings. The fourth-order valence-electron chi connectivity index (χ4n) is 1.81. The van der Waals surface area contributed by atoms with Gasteiger partial charge in [0.05, 0.1) is 5.56 Å². The maximum absolute atomic E-state index is 13.8. The molecule has 0 bridgehead atoms. The van der Waals surface area contributed by atoms with Gasteiger partial charge in [-0.3, -0.25) is 0 Å². The van der Waals surface area contributed by atoms with Crippen molar-refractivity contribution in [2.24, 2.45) is 0 Å². The van der Waals surface area contributed by atoms with Crippen molar-refractivity contribution in [3.8, 4) is 11.5 Å². The lowest BCUT2D eigenvalue weighted by Crippen LogP contribution is -2.08. The fourth-order valence-corrected chi connectivity index (χ4v) is 2.45. The molecule has 1 nitrogen and oxygen atoms in total. The van der Waals surface area contributed by atoms with Gasteiger partial charge in [0.15, 0.2) is 11.6 Å². The largest absolute Gasteiger partial charge is 0.454 e. The average Bonchev–Trinajstić information content (AvgIpc) is 2.40. The Morgan fingerprint density at radius 1 is 1.14 bits per heavy atom. The molecular weight excluding hydrogens is 352 g/mol. The van der Waals surface area contributed by atoms with Crippen molar-refractivity contribution in [2.45, 2.75) is 19.5 Å². The molecule has 0 aliphatic carbocycles. The van der Waals surface area contributed by atoms with Crippen LogP contribution in [0.1, 0.15) is 18.1 Å². The lowest BCUT2D eigenvalue weighted by atomic mass is 10.1. The van der Waals surface area contributed by atoms with E-state index in [-0.39, 0.29) is 5.75 Å². The molecule has 0 heterocycles. The minimum absolute atomic E-state index is 0.261. The summed E-state index contributed by atoms with van der Waals surface area (Å²) >= 11 is 3.33. The van der Waals surface area contributed by atoms with Crippen molar-refractivity contribution < 1.29 is 22.3 Å². The molecule has 2 aromatic rings. The van der Waals surface area contributed by atoms with Crippen LogP contribution in [-0.4, -0.2) is 0 Å². The molecule has 2 aromatic carbocycles. The molecule has 0 aliphatic rings. The van der Waals surface area contributed by atoms with Gasteiger partial charge in [0, 0.05) is 4.47 Å². The van der Waals surface area contributed by atoms with Gasteiger partial charge in [0.25, 0.3) is 0 Å². The molecule has 21 heavy (non-hydrogen) atoms. The minimum atomic E-state index is -4.75. The zero-order valence-corrected chi connectivity index (χ0v) is 12.6. The number of hydrogen-bond donors (Lipinski definition) is 0. The van der Waals surface area contributed by atoms with Gasteiger partial charge < -0.3 is 4.74 Å². The van der Waals surface area contributed by atoms with E-state index < -0.39 is 23.3 Å². The normalized spacial score (nSPS) is 11.5. The van der Waals surface area contributed by atoms with Crippen molar-refractivity contribution >= 4 is 15.9 Å². The summed E-state index contributed by atoms with van der Waals surface area (Å²) in [7, 11) is 0. The Morgan fingerprint density at radius 2 is 1.86 bits per heavy atom. The van der Waals surface area contributed by atoms with Gasteiger partial charge in [-0.15, -0.1) is 0 Å². The molecule has 0 saturated carbocycles. The van der Waals surface area contributed by atoms with Crippen LogP contribution in [0, 0.1) is 5.82 Å². The van der Waals surface area contributed by atoms with Crippen molar-refractivity contribution in [3.05, 3.63) is 57.8 Å². The van der Waals surface area contributed by atoms with Crippen LogP contribution in [-0.2, 0) is 12.6 Å². The van der Waals surface area contributed by atoms with E-state index >= 15 is 0 Å². The first-order chi connectivity index (χ1) is 9.82. The van der Waals surface area contributed by atoms with Crippen LogP contribution in [0.4, 0.5) is 17.6 Å². The second-order valence-electron chi connectivity index (χ2n) is 4.32. The van der Waals surface area contributed by atoms with E-state index in [2.05, 4.69) is 15.9 Å². The van der Waals surface area contributed by atoms with Crippen LogP contribution in [0.5, 0.6) is 11.5 Å².